The molecule has 1 fully saturated rings. The van der Waals surface area contributed by atoms with Crippen LogP contribution in [0.1, 0.15) is 111 Å². The summed E-state index contributed by atoms with van der Waals surface area (Å²) in [4.78, 5) is 0. The molecule has 1 heterocycles. The molecule has 0 aromatic rings. The van der Waals surface area contributed by atoms with Gasteiger partial charge in [-0.05, 0) is 111 Å². The molecule has 0 aromatic heterocycles. The quantitative estimate of drug-likeness (QED) is 0.217. The van der Waals surface area contributed by atoms with E-state index in [1.54, 1.807) is 0 Å². The van der Waals surface area contributed by atoms with Gasteiger partial charge in [0.15, 0.2) is 0 Å². The molecule has 1 rings (SSSR count). The van der Waals surface area contributed by atoms with Gasteiger partial charge in [-0.15, -0.1) is 12.4 Å². The van der Waals surface area contributed by atoms with Crippen LogP contribution in [0.4, 0.5) is 0 Å². The molecular weight excluding hydrogens is 640 g/mol. The van der Waals surface area contributed by atoms with E-state index in [0.29, 0.717) is 20.6 Å². The number of hydrogen-bond acceptors (Lipinski definition) is 2. The molecule has 0 aliphatic carbocycles. The van der Waals surface area contributed by atoms with Gasteiger partial charge in [-0.2, -0.15) is 0 Å². The van der Waals surface area contributed by atoms with Crippen molar-refractivity contribution in [1.82, 2.24) is 0 Å². The van der Waals surface area contributed by atoms with Crippen LogP contribution in [-0.2, 0) is 30.4 Å². The molecule has 0 radical (unpaired) electrons. The molecule has 4 nitrogen and oxygen atoms in total. The van der Waals surface area contributed by atoms with Crippen molar-refractivity contribution < 1.29 is 30.4 Å². The van der Waals surface area contributed by atoms with Crippen LogP contribution in [0.2, 0.25) is 0 Å². The smallest absolute Gasteiger partial charge is 0.665 e. The van der Waals surface area contributed by atoms with Crippen LogP contribution in [0.25, 0.3) is 11.0 Å². The zero-order valence-electron chi connectivity index (χ0n) is 25.0. The molecule has 8 heteroatoms. The Morgan fingerprint density at radius 3 is 1.00 bits per heavy atom. The normalized spacial score (nSPS) is 19.0. The summed E-state index contributed by atoms with van der Waals surface area (Å²) in [7, 11) is -2.08. The molecule has 1 N–H and O–H groups in total. The van der Waals surface area contributed by atoms with Gasteiger partial charge in [-0.25, -0.2) is 0 Å². The largest absolute Gasteiger partial charge is 2.00 e. The standard InChI is InChI=1S/C20H40NP2.C6H13BNO2.Pt/c1-17(2,3)22(18(4,5)6)15-13-21-14-16-23(19(7,8)9)20(10,11)12;1-5(2)6(3,4)10-7(8)9-5;/h13-16H,1-12H3;8H,1-4H3;/q2*-1;+2/p+2/b15-13-,16-14-;;. The molecular formula is C26H55BN2O2P2Pt+2. The van der Waals surface area contributed by atoms with Crippen molar-refractivity contribution >= 4 is 23.1 Å². The molecule has 0 amide bonds. The van der Waals surface area contributed by atoms with Gasteiger partial charge >= 0.3 is 28.3 Å². The van der Waals surface area contributed by atoms with Crippen LogP contribution in [-0.4, -0.2) is 39.1 Å². The van der Waals surface area contributed by atoms with E-state index in [1.807, 2.05) is 40.1 Å². The average Bonchev–Trinajstić information content (AvgIpc) is 2.66. The fourth-order valence-corrected chi connectivity index (χ4v) is 11.3. The van der Waals surface area contributed by atoms with Crippen molar-refractivity contribution in [2.45, 2.75) is 143 Å². The van der Waals surface area contributed by atoms with Gasteiger partial charge in [0.25, 0.3) is 0 Å². The summed E-state index contributed by atoms with van der Waals surface area (Å²) in [5.41, 5.74) is 6.50. The van der Waals surface area contributed by atoms with Crippen molar-refractivity contribution in [3.63, 3.8) is 0 Å². The third-order valence-corrected chi connectivity index (χ3v) is 13.6. The molecule has 34 heavy (non-hydrogen) atoms. The predicted octanol–water partition coefficient (Wildman–Crippen LogP) is 9.55. The molecule has 202 valence electrons. The van der Waals surface area contributed by atoms with Crippen LogP contribution in [0.3, 0.4) is 0 Å². The van der Waals surface area contributed by atoms with E-state index >= 15 is 0 Å². The predicted molar refractivity (Wildman–Crippen MR) is 158 cm³/mol. The monoisotopic (exact) mass is 695 g/mol. The minimum Gasteiger partial charge on any atom is -0.665 e. The Kier molecular flexibility index (Phi) is 14.1. The molecule has 1 saturated heterocycles. The van der Waals surface area contributed by atoms with Gasteiger partial charge in [0, 0.05) is 27.5 Å². The van der Waals surface area contributed by atoms with Crippen molar-refractivity contribution in [3.8, 4) is 0 Å². The molecule has 0 aromatic carbocycles. The van der Waals surface area contributed by atoms with Gasteiger partial charge < -0.3 is 20.3 Å². The Morgan fingerprint density at radius 1 is 0.618 bits per heavy atom. The number of nitrogens with one attached hydrogen (secondary N) is 1. The Hall–Kier alpha value is 0.773. The maximum Gasteiger partial charge on any atom is 2.00 e. The van der Waals surface area contributed by atoms with Crippen LogP contribution < -0.4 is 0 Å². The summed E-state index contributed by atoms with van der Waals surface area (Å²) >= 11 is 0. The third kappa shape index (κ3) is 12.3. The van der Waals surface area contributed by atoms with Gasteiger partial charge in [0.05, 0.1) is 31.8 Å². The first kappa shape index (κ1) is 36.9. The van der Waals surface area contributed by atoms with E-state index in [0.717, 1.165) is 0 Å². The van der Waals surface area contributed by atoms with Gasteiger partial charge in [-0.1, -0.05) is 0 Å². The van der Waals surface area contributed by atoms with E-state index in [9.17, 15) is 0 Å². The Bertz CT molecular complexity index is 586. The summed E-state index contributed by atoms with van der Waals surface area (Å²) in [6.45, 7) is 36.0. The maximum absolute atomic E-state index is 7.20. The number of rotatable bonds is 4. The van der Waals surface area contributed by atoms with Crippen LogP contribution >= 0.6 is 15.8 Å². The van der Waals surface area contributed by atoms with E-state index in [-0.39, 0.29) is 32.3 Å². The zero-order chi connectivity index (χ0) is 26.7. The minimum atomic E-state index is -0.815. The number of hydrogen-bond donors (Lipinski definition) is 0. The van der Waals surface area contributed by atoms with Crippen molar-refractivity contribution in [2.24, 2.45) is 0 Å². The van der Waals surface area contributed by atoms with Crippen molar-refractivity contribution in [1.29, 1.82) is 0 Å². The van der Waals surface area contributed by atoms with Gasteiger partial charge in [-0.3, -0.25) is 0 Å². The minimum absolute atomic E-state index is 0. The topological polar surface area (TPSA) is 56.4 Å². The molecule has 0 bridgehead atoms. The first-order valence-corrected chi connectivity index (χ1v) is 15.3. The van der Waals surface area contributed by atoms with Crippen LogP contribution in [0.15, 0.2) is 24.0 Å². The molecule has 0 atom stereocenters. The molecule has 0 spiro atoms. The Morgan fingerprint density at radius 2 is 0.853 bits per heavy atom. The zero-order valence-corrected chi connectivity index (χ0v) is 29.2. The van der Waals surface area contributed by atoms with Gasteiger partial charge in [0.1, 0.15) is 0 Å². The number of nitrogens with zero attached hydrogens (tertiary/aromatic N) is 1. The van der Waals surface area contributed by atoms with Crippen molar-refractivity contribution in [2.75, 3.05) is 0 Å². The Balaban J connectivity index is 0. The van der Waals surface area contributed by atoms with E-state index < -0.39 is 23.1 Å². The maximum atomic E-state index is 7.20. The SMILES string of the molecule is CC(C)(C)[PH+](/C=C\[N-]/C=C\[PH+](C(C)(C)C)C(C)(C)C)C(C)(C)C.CC1(C)OB([NH-])OC1(C)C.[Pt+2]. The molecule has 0 saturated carbocycles. The molecule has 0 unspecified atom stereocenters. The fourth-order valence-electron chi connectivity index (χ4n) is 4.38. The Labute approximate surface area is 230 Å². The molecule has 1 aliphatic rings. The second-order valence-electron chi connectivity index (χ2n) is 14.2. The second-order valence-corrected chi connectivity index (χ2v) is 22.5. The summed E-state index contributed by atoms with van der Waals surface area (Å²) < 4.78 is 10.4. The van der Waals surface area contributed by atoms with Crippen molar-refractivity contribution in [3.05, 3.63) is 35.0 Å². The fraction of sp³-hybridized carbons (Fsp3) is 0.846. The van der Waals surface area contributed by atoms with Crippen LogP contribution in [0, 0.1) is 0 Å². The molecule has 1 aliphatic heterocycles. The third-order valence-electron chi connectivity index (χ3n) is 6.14. The summed E-state index contributed by atoms with van der Waals surface area (Å²) in [6, 6.07) is 0. The summed E-state index contributed by atoms with van der Waals surface area (Å²) in [6.07, 6.45) is 4.10. The first-order chi connectivity index (χ1) is 14.3. The van der Waals surface area contributed by atoms with Crippen LogP contribution in [0.5, 0.6) is 0 Å². The second kappa shape index (κ2) is 13.0. The summed E-state index contributed by atoms with van der Waals surface area (Å²) in [5.74, 6) is 4.77. The first-order valence-electron chi connectivity index (χ1n) is 12.2. The van der Waals surface area contributed by atoms with E-state index in [4.69, 9.17) is 15.0 Å². The van der Waals surface area contributed by atoms with E-state index in [1.165, 1.54) is 0 Å². The average molecular weight is 696 g/mol. The summed E-state index contributed by atoms with van der Waals surface area (Å²) in [5, 5.41) is 6.00. The van der Waals surface area contributed by atoms with Gasteiger partial charge in [0.2, 0.25) is 0 Å². The van der Waals surface area contributed by atoms with E-state index in [2.05, 4.69) is 100 Å².